The molecule has 3 aliphatic rings. The molecular formula is C9H11NO5S. The van der Waals surface area contributed by atoms with Gasteiger partial charge in [0.15, 0.2) is 0 Å². The molecule has 2 saturated carbocycles. The van der Waals surface area contributed by atoms with Crippen LogP contribution in [0.1, 0.15) is 12.8 Å². The Morgan fingerprint density at radius 1 is 1.12 bits per heavy atom. The number of nitrogens with one attached hydrogen (secondary N) is 1. The van der Waals surface area contributed by atoms with E-state index in [1.807, 2.05) is 0 Å². The van der Waals surface area contributed by atoms with Crippen LogP contribution in [0.15, 0.2) is 0 Å². The van der Waals surface area contributed by atoms with Crippen LogP contribution in [-0.2, 0) is 25.2 Å². The molecular weight excluding hydrogens is 234 g/mol. The smallest absolute Gasteiger partial charge is 0.317 e. The maximum atomic E-state index is 11.5. The van der Waals surface area contributed by atoms with Gasteiger partial charge in [-0.05, 0) is 24.7 Å². The Balaban J connectivity index is 1.86. The summed E-state index contributed by atoms with van der Waals surface area (Å²) in [5.74, 6) is -1.61. The van der Waals surface area contributed by atoms with Crippen molar-refractivity contribution in [2.75, 3.05) is 0 Å². The van der Waals surface area contributed by atoms with Gasteiger partial charge >= 0.3 is 11.9 Å². The Bertz CT molecular complexity index is 437. The van der Waals surface area contributed by atoms with Crippen molar-refractivity contribution in [3.63, 3.8) is 0 Å². The van der Waals surface area contributed by atoms with Crippen LogP contribution >= 0.6 is 0 Å². The van der Waals surface area contributed by atoms with Crippen molar-refractivity contribution >= 4 is 22.8 Å². The molecule has 1 heterocycles. The minimum Gasteiger partial charge on any atom is -0.393 e. The number of thiol groups is 1. The van der Waals surface area contributed by atoms with E-state index in [1.54, 1.807) is 0 Å². The lowest BCUT2D eigenvalue weighted by Gasteiger charge is -2.26. The first-order valence-electron chi connectivity index (χ1n) is 5.24. The molecule has 7 heteroatoms. The number of esters is 2. The van der Waals surface area contributed by atoms with Crippen molar-refractivity contribution in [2.24, 2.45) is 23.7 Å². The van der Waals surface area contributed by atoms with E-state index >= 15 is 0 Å². The molecule has 5 atom stereocenters. The zero-order valence-electron chi connectivity index (χ0n) is 8.29. The average Bonchev–Trinajstić information content (AvgIpc) is 2.78. The second kappa shape index (κ2) is 3.27. The molecule has 3 rings (SSSR count). The molecule has 16 heavy (non-hydrogen) atoms. The first kappa shape index (κ1) is 10.2. The van der Waals surface area contributed by atoms with Gasteiger partial charge in [0, 0.05) is 6.04 Å². The van der Waals surface area contributed by atoms with E-state index in [0.717, 1.165) is 6.42 Å². The van der Waals surface area contributed by atoms with Crippen LogP contribution in [0.5, 0.6) is 0 Å². The number of cyclic esters (lactones) is 2. The second-order valence-electron chi connectivity index (χ2n) is 4.68. The van der Waals surface area contributed by atoms with E-state index in [-0.39, 0.29) is 23.8 Å². The van der Waals surface area contributed by atoms with E-state index in [1.165, 1.54) is 0 Å². The molecule has 1 saturated heterocycles. The number of ether oxygens (including phenoxy) is 1. The van der Waals surface area contributed by atoms with E-state index in [2.05, 4.69) is 9.46 Å². The third kappa shape index (κ3) is 1.24. The zero-order valence-corrected chi connectivity index (χ0v) is 9.18. The van der Waals surface area contributed by atoms with Gasteiger partial charge < -0.3 is 4.74 Å². The number of carbonyl (C=O) groups is 2. The summed E-state index contributed by atoms with van der Waals surface area (Å²) in [5.41, 5.74) is 0. The number of hydrogen-bond donors (Lipinski definition) is 2. The van der Waals surface area contributed by atoms with E-state index < -0.39 is 28.7 Å². The molecule has 0 spiro atoms. The summed E-state index contributed by atoms with van der Waals surface area (Å²) in [6.45, 7) is 0. The van der Waals surface area contributed by atoms with Gasteiger partial charge in [0.1, 0.15) is 0 Å². The SMILES string of the molecule is O=C1OC(=O)C2C3CC(CC3N[SH](=O)=O)C12. The Labute approximate surface area is 93.4 Å². The minimum absolute atomic E-state index is 0.0677. The summed E-state index contributed by atoms with van der Waals surface area (Å²) in [5, 5.41) is 0. The summed E-state index contributed by atoms with van der Waals surface area (Å²) in [4.78, 5) is 22.9. The normalized spacial score (nSPS) is 45.2. The molecule has 0 amide bonds. The van der Waals surface area contributed by atoms with Gasteiger partial charge in [-0.25, -0.2) is 13.1 Å². The summed E-state index contributed by atoms with van der Waals surface area (Å²) >= 11 is 0. The molecule has 0 aromatic rings. The number of fused-ring (bicyclic) bond motifs is 5. The van der Waals surface area contributed by atoms with Crippen molar-refractivity contribution in [1.29, 1.82) is 0 Å². The predicted octanol–water partition coefficient (Wildman–Crippen LogP) is -1.17. The van der Waals surface area contributed by atoms with Crippen LogP contribution in [-0.4, -0.2) is 26.4 Å². The number of hydrogen-bond acceptors (Lipinski definition) is 5. The van der Waals surface area contributed by atoms with Gasteiger partial charge in [-0.1, -0.05) is 0 Å². The maximum Gasteiger partial charge on any atom is 0.317 e. The molecule has 0 radical (unpaired) electrons. The minimum atomic E-state index is -2.65. The Kier molecular flexibility index (Phi) is 2.09. The molecule has 2 bridgehead atoms. The predicted molar refractivity (Wildman–Crippen MR) is 51.5 cm³/mol. The van der Waals surface area contributed by atoms with Crippen molar-refractivity contribution < 1.29 is 22.7 Å². The van der Waals surface area contributed by atoms with Crippen LogP contribution in [0.3, 0.4) is 0 Å². The number of rotatable bonds is 2. The standard InChI is InChI=1S/C9H11NO5S/c11-8-6-3-1-4(7(6)9(12)15-8)5(2-3)10-16(13)14/h3-7,16H,1-2H2,(H,10,13,14). The van der Waals surface area contributed by atoms with E-state index in [4.69, 9.17) is 0 Å². The van der Waals surface area contributed by atoms with Crippen LogP contribution in [0, 0.1) is 23.7 Å². The first-order chi connectivity index (χ1) is 7.58. The van der Waals surface area contributed by atoms with Crippen LogP contribution in [0.2, 0.25) is 0 Å². The lowest BCUT2D eigenvalue weighted by molar-refractivity contribution is -0.154. The second-order valence-corrected chi connectivity index (χ2v) is 5.45. The molecule has 5 unspecified atom stereocenters. The molecule has 3 fully saturated rings. The quantitative estimate of drug-likeness (QED) is 0.363. The van der Waals surface area contributed by atoms with Crippen molar-refractivity contribution in [3.05, 3.63) is 0 Å². The summed E-state index contributed by atoms with van der Waals surface area (Å²) in [7, 11) is -2.65. The third-order valence-corrected chi connectivity index (χ3v) is 4.56. The highest BCUT2D eigenvalue weighted by Gasteiger charge is 2.63. The highest BCUT2D eigenvalue weighted by atomic mass is 32.2. The van der Waals surface area contributed by atoms with E-state index in [0.29, 0.717) is 6.42 Å². The van der Waals surface area contributed by atoms with Gasteiger partial charge in [-0.2, -0.15) is 0 Å². The van der Waals surface area contributed by atoms with Gasteiger partial charge in [-0.15, -0.1) is 0 Å². The monoisotopic (exact) mass is 245 g/mol. The van der Waals surface area contributed by atoms with Crippen molar-refractivity contribution in [3.8, 4) is 0 Å². The Morgan fingerprint density at radius 3 is 2.50 bits per heavy atom. The lowest BCUT2D eigenvalue weighted by atomic mass is 9.79. The fourth-order valence-corrected chi connectivity index (χ4v) is 4.11. The topological polar surface area (TPSA) is 89.5 Å². The summed E-state index contributed by atoms with van der Waals surface area (Å²) in [6, 6.07) is -0.203. The summed E-state index contributed by atoms with van der Waals surface area (Å²) < 4.78 is 28.3. The van der Waals surface area contributed by atoms with Crippen LogP contribution in [0.25, 0.3) is 0 Å². The number of carbonyl (C=O) groups excluding carboxylic acids is 2. The molecule has 0 aromatic carbocycles. The van der Waals surface area contributed by atoms with Gasteiger partial charge in [-0.3, -0.25) is 9.59 Å². The van der Waals surface area contributed by atoms with E-state index in [9.17, 15) is 18.0 Å². The van der Waals surface area contributed by atoms with Gasteiger partial charge in [0.2, 0.25) is 10.9 Å². The molecule has 2 aliphatic carbocycles. The fraction of sp³-hybridized carbons (Fsp3) is 0.778. The molecule has 1 aliphatic heterocycles. The summed E-state index contributed by atoms with van der Waals surface area (Å²) in [6.07, 6.45) is 1.38. The fourth-order valence-electron chi connectivity index (χ4n) is 3.54. The molecule has 88 valence electrons. The third-order valence-electron chi connectivity index (χ3n) is 4.02. The first-order valence-corrected chi connectivity index (χ1v) is 6.42. The highest BCUT2D eigenvalue weighted by molar-refractivity contribution is 7.70. The maximum absolute atomic E-state index is 11.5. The Hall–Kier alpha value is -0.950. The largest absolute Gasteiger partial charge is 0.393 e. The highest BCUT2D eigenvalue weighted by Crippen LogP contribution is 2.55. The van der Waals surface area contributed by atoms with Crippen molar-refractivity contribution in [2.45, 2.75) is 18.9 Å². The lowest BCUT2D eigenvalue weighted by Crippen LogP contribution is -2.41. The van der Waals surface area contributed by atoms with Gasteiger partial charge in [0.05, 0.1) is 11.8 Å². The Morgan fingerprint density at radius 2 is 1.81 bits per heavy atom. The van der Waals surface area contributed by atoms with Crippen molar-refractivity contribution in [1.82, 2.24) is 4.72 Å². The van der Waals surface area contributed by atoms with Crippen LogP contribution in [0.4, 0.5) is 0 Å². The average molecular weight is 245 g/mol. The van der Waals surface area contributed by atoms with Crippen LogP contribution < -0.4 is 4.72 Å². The van der Waals surface area contributed by atoms with Gasteiger partial charge in [0.25, 0.3) is 0 Å². The molecule has 0 aromatic heterocycles. The molecule has 6 nitrogen and oxygen atoms in total. The zero-order chi connectivity index (χ0) is 11.4. The molecule has 1 N–H and O–H groups in total.